The number of hydrogen-bond acceptors (Lipinski definition) is 7. The Labute approximate surface area is 138 Å². The van der Waals surface area contributed by atoms with Gasteiger partial charge < -0.3 is 4.52 Å². The summed E-state index contributed by atoms with van der Waals surface area (Å²) in [6.45, 7) is 10.2. The molecule has 7 nitrogen and oxygen atoms in total. The lowest BCUT2D eigenvalue weighted by molar-refractivity contribution is 0.374. The second-order valence-corrected chi connectivity index (χ2v) is 6.88. The van der Waals surface area contributed by atoms with E-state index in [0.29, 0.717) is 16.8 Å². The lowest BCUT2D eigenvalue weighted by atomic mass is 10.2. The van der Waals surface area contributed by atoms with Gasteiger partial charge in [0.1, 0.15) is 0 Å². The van der Waals surface area contributed by atoms with Gasteiger partial charge in [0, 0.05) is 17.8 Å². The average Bonchev–Trinajstić information content (AvgIpc) is 3.12. The molecule has 0 N–H and O–H groups in total. The molecule has 0 aliphatic carbocycles. The van der Waals surface area contributed by atoms with Crippen molar-refractivity contribution in [1.29, 1.82) is 0 Å². The zero-order chi connectivity index (χ0) is 16.6. The van der Waals surface area contributed by atoms with Crippen molar-refractivity contribution in [2.45, 2.75) is 57.9 Å². The summed E-state index contributed by atoms with van der Waals surface area (Å²) in [5, 5.41) is 9.18. The SMILES string of the molecule is CCCc1noc(C(C)Sc2nc3nc(C)c(C)c(C)n3n2)n1. The van der Waals surface area contributed by atoms with E-state index in [1.807, 2.05) is 27.7 Å². The Hall–Kier alpha value is -1.96. The molecule has 0 saturated heterocycles. The van der Waals surface area contributed by atoms with E-state index in [-0.39, 0.29) is 5.25 Å². The van der Waals surface area contributed by atoms with Gasteiger partial charge in [-0.1, -0.05) is 23.8 Å². The van der Waals surface area contributed by atoms with Gasteiger partial charge in [0.25, 0.3) is 5.78 Å². The first kappa shape index (κ1) is 15.9. The summed E-state index contributed by atoms with van der Waals surface area (Å²) in [5.41, 5.74) is 3.17. The Morgan fingerprint density at radius 3 is 2.70 bits per heavy atom. The van der Waals surface area contributed by atoms with Crippen molar-refractivity contribution in [3.8, 4) is 0 Å². The third-order valence-electron chi connectivity index (χ3n) is 3.83. The number of rotatable bonds is 5. The fraction of sp³-hybridized carbons (Fsp3) is 0.533. The quantitative estimate of drug-likeness (QED) is 0.663. The average molecular weight is 332 g/mol. The number of aromatic nitrogens is 6. The van der Waals surface area contributed by atoms with Gasteiger partial charge in [-0.3, -0.25) is 0 Å². The largest absolute Gasteiger partial charge is 0.338 e. The number of hydrogen-bond donors (Lipinski definition) is 0. The van der Waals surface area contributed by atoms with E-state index in [1.54, 1.807) is 4.52 Å². The van der Waals surface area contributed by atoms with Crippen LogP contribution in [0.25, 0.3) is 5.78 Å². The Balaban J connectivity index is 1.84. The molecule has 3 heterocycles. The molecule has 8 heteroatoms. The van der Waals surface area contributed by atoms with Crippen LogP contribution in [0.2, 0.25) is 0 Å². The van der Waals surface area contributed by atoms with Crippen molar-refractivity contribution in [3.05, 3.63) is 28.7 Å². The van der Waals surface area contributed by atoms with Gasteiger partial charge in [-0.25, -0.2) is 9.50 Å². The summed E-state index contributed by atoms with van der Waals surface area (Å²) in [6, 6.07) is 0. The van der Waals surface area contributed by atoms with Gasteiger partial charge in [-0.05, 0) is 39.7 Å². The van der Waals surface area contributed by atoms with Crippen molar-refractivity contribution in [2.24, 2.45) is 0 Å². The van der Waals surface area contributed by atoms with Crippen molar-refractivity contribution in [1.82, 2.24) is 29.7 Å². The summed E-state index contributed by atoms with van der Waals surface area (Å²) in [6.07, 6.45) is 1.83. The number of aryl methyl sites for hydroxylation is 3. The molecule has 3 aromatic rings. The first-order valence-corrected chi connectivity index (χ1v) is 8.57. The Morgan fingerprint density at radius 2 is 1.96 bits per heavy atom. The van der Waals surface area contributed by atoms with Crippen LogP contribution in [0.1, 0.15) is 54.2 Å². The Kier molecular flexibility index (Phi) is 4.34. The topological polar surface area (TPSA) is 82.0 Å². The number of fused-ring (bicyclic) bond motifs is 1. The zero-order valence-electron chi connectivity index (χ0n) is 14.0. The normalized spacial score (nSPS) is 12.9. The van der Waals surface area contributed by atoms with Crippen LogP contribution in [0, 0.1) is 20.8 Å². The second kappa shape index (κ2) is 6.27. The predicted octanol–water partition coefficient (Wildman–Crippen LogP) is 3.24. The molecule has 0 bridgehead atoms. The van der Waals surface area contributed by atoms with E-state index in [1.165, 1.54) is 11.8 Å². The maximum atomic E-state index is 5.33. The van der Waals surface area contributed by atoms with Crippen LogP contribution < -0.4 is 0 Å². The highest BCUT2D eigenvalue weighted by Crippen LogP contribution is 2.32. The summed E-state index contributed by atoms with van der Waals surface area (Å²) >= 11 is 1.49. The first-order valence-electron chi connectivity index (χ1n) is 7.69. The number of thioether (sulfide) groups is 1. The monoisotopic (exact) mass is 332 g/mol. The molecule has 122 valence electrons. The van der Waals surface area contributed by atoms with Gasteiger partial charge in [-0.2, -0.15) is 9.97 Å². The van der Waals surface area contributed by atoms with Crippen LogP contribution in [0.5, 0.6) is 0 Å². The van der Waals surface area contributed by atoms with E-state index in [0.717, 1.165) is 35.6 Å². The van der Waals surface area contributed by atoms with E-state index in [9.17, 15) is 0 Å². The van der Waals surface area contributed by atoms with Gasteiger partial charge >= 0.3 is 0 Å². The van der Waals surface area contributed by atoms with Crippen LogP contribution in [-0.4, -0.2) is 29.7 Å². The summed E-state index contributed by atoms with van der Waals surface area (Å²) in [5.74, 6) is 1.98. The molecule has 0 aromatic carbocycles. The summed E-state index contributed by atoms with van der Waals surface area (Å²) in [4.78, 5) is 13.4. The minimum atomic E-state index is -0.00646. The van der Waals surface area contributed by atoms with Gasteiger partial charge in [-0.15, -0.1) is 5.10 Å². The lowest BCUT2D eigenvalue weighted by Crippen LogP contribution is -2.02. The van der Waals surface area contributed by atoms with Crippen molar-refractivity contribution >= 4 is 17.5 Å². The fourth-order valence-corrected chi connectivity index (χ4v) is 3.03. The van der Waals surface area contributed by atoms with E-state index >= 15 is 0 Å². The van der Waals surface area contributed by atoms with Crippen LogP contribution in [0.4, 0.5) is 0 Å². The van der Waals surface area contributed by atoms with Gasteiger partial charge in [0.05, 0.1) is 5.25 Å². The first-order chi connectivity index (χ1) is 11.0. The maximum Gasteiger partial charge on any atom is 0.253 e. The molecule has 0 spiro atoms. The Bertz CT molecular complexity index is 840. The van der Waals surface area contributed by atoms with E-state index in [2.05, 4.69) is 32.1 Å². The predicted molar refractivity (Wildman–Crippen MR) is 87.6 cm³/mol. The highest BCUT2D eigenvalue weighted by molar-refractivity contribution is 7.99. The molecule has 0 radical (unpaired) electrons. The second-order valence-electron chi connectivity index (χ2n) is 5.57. The molecule has 3 rings (SSSR count). The minimum absolute atomic E-state index is 0.00646. The van der Waals surface area contributed by atoms with Crippen LogP contribution in [-0.2, 0) is 6.42 Å². The molecule has 0 amide bonds. The molecule has 0 saturated carbocycles. The third kappa shape index (κ3) is 3.08. The minimum Gasteiger partial charge on any atom is -0.338 e. The molecule has 1 atom stereocenters. The molecule has 3 aromatic heterocycles. The van der Waals surface area contributed by atoms with Crippen molar-refractivity contribution in [2.75, 3.05) is 0 Å². The van der Waals surface area contributed by atoms with Crippen LogP contribution in [0.15, 0.2) is 9.68 Å². The van der Waals surface area contributed by atoms with E-state index < -0.39 is 0 Å². The standard InChI is InChI=1S/C15H20N6OS/c1-6-7-12-17-13(22-20-12)11(5)23-15-18-14-16-9(3)8(2)10(4)21(14)19-15/h11H,6-7H2,1-5H3. The highest BCUT2D eigenvalue weighted by Gasteiger charge is 2.19. The molecule has 0 aliphatic rings. The smallest absolute Gasteiger partial charge is 0.253 e. The molecule has 1 unspecified atom stereocenters. The molecular formula is C15H20N6OS. The van der Waals surface area contributed by atoms with Crippen molar-refractivity contribution < 1.29 is 4.52 Å². The summed E-state index contributed by atoms with van der Waals surface area (Å²) in [7, 11) is 0. The van der Waals surface area contributed by atoms with Gasteiger partial charge in [0.2, 0.25) is 11.0 Å². The molecule has 0 aliphatic heterocycles. The number of nitrogens with zero attached hydrogens (tertiary/aromatic N) is 6. The Morgan fingerprint density at radius 1 is 1.17 bits per heavy atom. The van der Waals surface area contributed by atoms with Crippen LogP contribution in [0.3, 0.4) is 0 Å². The van der Waals surface area contributed by atoms with E-state index in [4.69, 9.17) is 4.52 Å². The van der Waals surface area contributed by atoms with Crippen molar-refractivity contribution in [3.63, 3.8) is 0 Å². The third-order valence-corrected chi connectivity index (χ3v) is 4.77. The molecule has 23 heavy (non-hydrogen) atoms. The van der Waals surface area contributed by atoms with Crippen LogP contribution >= 0.6 is 11.8 Å². The summed E-state index contributed by atoms with van der Waals surface area (Å²) < 4.78 is 7.11. The highest BCUT2D eigenvalue weighted by atomic mass is 32.2. The van der Waals surface area contributed by atoms with Gasteiger partial charge in [0.15, 0.2) is 5.82 Å². The molecule has 0 fully saturated rings. The lowest BCUT2D eigenvalue weighted by Gasteiger charge is -2.04. The zero-order valence-corrected chi connectivity index (χ0v) is 14.8. The fourth-order valence-electron chi connectivity index (χ4n) is 2.25. The maximum absolute atomic E-state index is 5.33. The molecular weight excluding hydrogens is 312 g/mol.